The molecule has 0 unspecified atom stereocenters. The maximum Gasteiger partial charge on any atom is 0.271 e. The monoisotopic (exact) mass is 296 g/mol. The van der Waals surface area contributed by atoms with E-state index in [0.717, 1.165) is 18.5 Å². The van der Waals surface area contributed by atoms with Gasteiger partial charge in [-0.25, -0.2) is 9.97 Å². The van der Waals surface area contributed by atoms with Crippen LogP contribution in [0.25, 0.3) is 0 Å². The van der Waals surface area contributed by atoms with E-state index in [0.29, 0.717) is 17.6 Å². The summed E-state index contributed by atoms with van der Waals surface area (Å²) >= 11 is 0. The molecule has 114 valence electrons. The molecule has 1 aromatic carbocycles. The van der Waals surface area contributed by atoms with Gasteiger partial charge in [-0.3, -0.25) is 4.79 Å². The molecule has 22 heavy (non-hydrogen) atoms. The second-order valence-corrected chi connectivity index (χ2v) is 5.61. The molecule has 1 fully saturated rings. The highest BCUT2D eigenvalue weighted by Gasteiger charge is 2.19. The molecule has 1 heterocycles. The molecule has 3 rings (SSSR count). The summed E-state index contributed by atoms with van der Waals surface area (Å²) in [6, 6.07) is 10.2. The average Bonchev–Trinajstić information content (AvgIpc) is 3.08. The number of hydrogen-bond acceptors (Lipinski definition) is 4. The SMILES string of the molecule is CN(c1ccccc1)c1cnc(C(=O)NC2CCCC2)cn1. The Bertz CT molecular complexity index is 621. The lowest BCUT2D eigenvalue weighted by Gasteiger charge is -2.18. The Morgan fingerprint density at radius 2 is 1.86 bits per heavy atom. The molecule has 0 saturated heterocycles. The number of carbonyl (C=O) groups is 1. The van der Waals surface area contributed by atoms with Gasteiger partial charge in [-0.2, -0.15) is 0 Å². The Hall–Kier alpha value is -2.43. The van der Waals surface area contributed by atoms with Crippen molar-refractivity contribution < 1.29 is 4.79 Å². The maximum atomic E-state index is 12.1. The minimum atomic E-state index is -0.131. The summed E-state index contributed by atoms with van der Waals surface area (Å²) < 4.78 is 0. The number of hydrogen-bond donors (Lipinski definition) is 1. The number of amides is 1. The summed E-state index contributed by atoms with van der Waals surface area (Å²) in [5.74, 6) is 0.580. The molecule has 0 bridgehead atoms. The second-order valence-electron chi connectivity index (χ2n) is 5.61. The first-order valence-corrected chi connectivity index (χ1v) is 7.66. The third kappa shape index (κ3) is 3.24. The minimum absolute atomic E-state index is 0.131. The average molecular weight is 296 g/mol. The normalized spacial score (nSPS) is 14.8. The van der Waals surface area contributed by atoms with Crippen molar-refractivity contribution in [2.45, 2.75) is 31.7 Å². The van der Waals surface area contributed by atoms with Crippen LogP contribution in [0, 0.1) is 0 Å². The third-order valence-corrected chi connectivity index (χ3v) is 4.05. The van der Waals surface area contributed by atoms with E-state index in [-0.39, 0.29) is 5.91 Å². The standard InChI is InChI=1S/C17H20N4O/c1-21(14-9-3-2-4-10-14)16-12-18-15(11-19-16)17(22)20-13-7-5-6-8-13/h2-4,9-13H,5-8H2,1H3,(H,20,22). The highest BCUT2D eigenvalue weighted by atomic mass is 16.1. The smallest absolute Gasteiger partial charge is 0.271 e. The number of benzene rings is 1. The maximum absolute atomic E-state index is 12.1. The van der Waals surface area contributed by atoms with Gasteiger partial charge in [0.25, 0.3) is 5.91 Å². The van der Waals surface area contributed by atoms with Crippen molar-refractivity contribution in [1.29, 1.82) is 0 Å². The highest BCUT2D eigenvalue weighted by molar-refractivity contribution is 5.92. The van der Waals surface area contributed by atoms with Crippen LogP contribution >= 0.6 is 0 Å². The summed E-state index contributed by atoms with van der Waals surface area (Å²) in [5.41, 5.74) is 1.40. The molecule has 1 amide bonds. The summed E-state index contributed by atoms with van der Waals surface area (Å²) in [6.45, 7) is 0. The minimum Gasteiger partial charge on any atom is -0.348 e. The number of rotatable bonds is 4. The number of aromatic nitrogens is 2. The van der Waals surface area contributed by atoms with Crippen LogP contribution in [0.1, 0.15) is 36.2 Å². The van der Waals surface area contributed by atoms with Gasteiger partial charge in [0.05, 0.1) is 12.4 Å². The first-order valence-electron chi connectivity index (χ1n) is 7.66. The van der Waals surface area contributed by atoms with Gasteiger partial charge in [-0.05, 0) is 25.0 Å². The molecule has 2 aromatic rings. The van der Waals surface area contributed by atoms with E-state index >= 15 is 0 Å². The van der Waals surface area contributed by atoms with Crippen LogP contribution in [0.3, 0.4) is 0 Å². The number of carbonyl (C=O) groups excluding carboxylic acids is 1. The van der Waals surface area contributed by atoms with Crippen molar-refractivity contribution in [2.75, 3.05) is 11.9 Å². The first-order chi connectivity index (χ1) is 10.7. The number of nitrogens with zero attached hydrogens (tertiary/aromatic N) is 3. The van der Waals surface area contributed by atoms with Crippen molar-refractivity contribution in [3.63, 3.8) is 0 Å². The fraction of sp³-hybridized carbons (Fsp3) is 0.353. The van der Waals surface area contributed by atoms with Crippen molar-refractivity contribution in [3.05, 3.63) is 48.4 Å². The van der Waals surface area contributed by atoms with Crippen LogP contribution < -0.4 is 10.2 Å². The summed E-state index contributed by atoms with van der Waals surface area (Å²) in [4.78, 5) is 22.7. The van der Waals surface area contributed by atoms with E-state index in [9.17, 15) is 4.79 Å². The van der Waals surface area contributed by atoms with Gasteiger partial charge in [-0.15, -0.1) is 0 Å². The van der Waals surface area contributed by atoms with Crippen LogP contribution in [0.15, 0.2) is 42.7 Å². The lowest BCUT2D eigenvalue weighted by atomic mass is 10.2. The molecule has 5 heteroatoms. The molecule has 5 nitrogen and oxygen atoms in total. The Kier molecular flexibility index (Phi) is 4.32. The first kappa shape index (κ1) is 14.5. The van der Waals surface area contributed by atoms with Gasteiger partial charge in [0.2, 0.25) is 0 Å². The van der Waals surface area contributed by atoms with E-state index in [1.165, 1.54) is 12.8 Å². The molecule has 0 aliphatic heterocycles. The molecule has 1 aliphatic carbocycles. The molecular weight excluding hydrogens is 276 g/mol. The zero-order chi connectivity index (χ0) is 15.4. The van der Waals surface area contributed by atoms with Crippen molar-refractivity contribution >= 4 is 17.4 Å². The predicted molar refractivity (Wildman–Crippen MR) is 86.3 cm³/mol. The van der Waals surface area contributed by atoms with Gasteiger partial charge < -0.3 is 10.2 Å². The second kappa shape index (κ2) is 6.56. The van der Waals surface area contributed by atoms with Crippen LogP contribution in [0.4, 0.5) is 11.5 Å². The van der Waals surface area contributed by atoms with Gasteiger partial charge in [0, 0.05) is 18.8 Å². The highest BCUT2D eigenvalue weighted by Crippen LogP contribution is 2.20. The molecule has 0 atom stereocenters. The molecule has 1 aromatic heterocycles. The fourth-order valence-electron chi connectivity index (χ4n) is 2.73. The Balaban J connectivity index is 1.68. The topological polar surface area (TPSA) is 58.1 Å². The predicted octanol–water partition coefficient (Wildman–Crippen LogP) is 2.92. The lowest BCUT2D eigenvalue weighted by molar-refractivity contribution is 0.0932. The third-order valence-electron chi connectivity index (χ3n) is 4.05. The quantitative estimate of drug-likeness (QED) is 0.942. The van der Waals surface area contributed by atoms with Crippen molar-refractivity contribution in [2.24, 2.45) is 0 Å². The molecule has 0 radical (unpaired) electrons. The lowest BCUT2D eigenvalue weighted by Crippen LogP contribution is -2.33. The fourth-order valence-corrected chi connectivity index (χ4v) is 2.73. The zero-order valence-electron chi connectivity index (χ0n) is 12.7. The molecular formula is C17H20N4O. The molecule has 0 spiro atoms. The van der Waals surface area contributed by atoms with Crippen molar-refractivity contribution in [1.82, 2.24) is 15.3 Å². The van der Waals surface area contributed by atoms with E-state index in [2.05, 4.69) is 15.3 Å². The largest absolute Gasteiger partial charge is 0.348 e. The summed E-state index contributed by atoms with van der Waals surface area (Å²) in [7, 11) is 1.93. The number of nitrogens with one attached hydrogen (secondary N) is 1. The Morgan fingerprint density at radius 3 is 2.50 bits per heavy atom. The van der Waals surface area contributed by atoms with Gasteiger partial charge >= 0.3 is 0 Å². The van der Waals surface area contributed by atoms with E-state index < -0.39 is 0 Å². The Labute approximate surface area is 130 Å². The summed E-state index contributed by atoms with van der Waals surface area (Å²) in [5, 5.41) is 3.02. The molecule has 1 N–H and O–H groups in total. The zero-order valence-corrected chi connectivity index (χ0v) is 12.7. The van der Waals surface area contributed by atoms with Crippen LogP contribution in [0.2, 0.25) is 0 Å². The van der Waals surface area contributed by atoms with Gasteiger partial charge in [0.15, 0.2) is 5.82 Å². The van der Waals surface area contributed by atoms with Gasteiger partial charge in [0.1, 0.15) is 5.69 Å². The van der Waals surface area contributed by atoms with Gasteiger partial charge in [-0.1, -0.05) is 31.0 Å². The number of anilines is 2. The van der Waals surface area contributed by atoms with Crippen LogP contribution in [0.5, 0.6) is 0 Å². The van der Waals surface area contributed by atoms with E-state index in [4.69, 9.17) is 0 Å². The van der Waals surface area contributed by atoms with Crippen LogP contribution in [-0.4, -0.2) is 29.0 Å². The van der Waals surface area contributed by atoms with Crippen molar-refractivity contribution in [3.8, 4) is 0 Å². The molecule has 1 aliphatic rings. The molecule has 1 saturated carbocycles. The van der Waals surface area contributed by atoms with E-state index in [1.54, 1.807) is 12.4 Å². The summed E-state index contributed by atoms with van der Waals surface area (Å²) in [6.07, 6.45) is 7.69. The van der Waals surface area contributed by atoms with E-state index in [1.807, 2.05) is 42.3 Å². The Morgan fingerprint density at radius 1 is 1.14 bits per heavy atom. The van der Waals surface area contributed by atoms with Crippen LogP contribution in [-0.2, 0) is 0 Å². The number of para-hydroxylation sites is 1.